The third-order valence-corrected chi connectivity index (χ3v) is 2.27. The minimum atomic E-state index is -4.20. The van der Waals surface area contributed by atoms with E-state index >= 15 is 0 Å². The van der Waals surface area contributed by atoms with E-state index in [1.807, 2.05) is 0 Å². The first kappa shape index (κ1) is 18.3. The first-order chi connectivity index (χ1) is 6.95. The van der Waals surface area contributed by atoms with Gasteiger partial charge >= 0.3 is 16.1 Å². The molecule has 0 aromatic carbocycles. The molecule has 0 heterocycles. The Hall–Kier alpha value is -0.0226. The number of carbonyl (C=O) groups excluding carboxylic acids is 1. The number of hydrogen-bond acceptors (Lipinski definition) is 4. The number of hydrogen-bond donors (Lipinski definition) is 1. The molecule has 0 saturated heterocycles. The van der Waals surface area contributed by atoms with Gasteiger partial charge in [-0.25, -0.2) is 0 Å². The molecule has 0 spiro atoms. The molecule has 0 unspecified atom stereocenters. The summed E-state index contributed by atoms with van der Waals surface area (Å²) in [6.45, 7) is 2.10. The number of rotatable bonds is 8. The van der Waals surface area contributed by atoms with Crippen LogP contribution in [0.3, 0.4) is 0 Å². The molecule has 7 heteroatoms. The average Bonchev–Trinajstić information content (AvgIpc) is 2.13. The smallest absolute Gasteiger partial charge is 0.306 e. The molecular weight excluding hydrogens is 227 g/mol. The molecule has 91 valence electrons. The molecule has 0 atom stereocenters. The summed E-state index contributed by atoms with van der Waals surface area (Å²) in [4.78, 5) is 10.9. The average molecular weight is 245 g/mol. The first-order valence-electron chi connectivity index (χ1n) is 5.06. The van der Waals surface area contributed by atoms with E-state index in [0.29, 0.717) is 6.42 Å². The number of carbonyl (C=O) groups is 1. The normalized spacial score (nSPS) is 10.6. The topological polar surface area (TPSA) is 80.7 Å². The summed E-state index contributed by atoms with van der Waals surface area (Å²) in [6, 6.07) is 0. The summed E-state index contributed by atoms with van der Waals surface area (Å²) in [7, 11) is -4.20. The van der Waals surface area contributed by atoms with E-state index in [1.54, 1.807) is 0 Å². The van der Waals surface area contributed by atoms with Crippen molar-refractivity contribution in [3.63, 3.8) is 0 Å². The van der Waals surface area contributed by atoms with Crippen LogP contribution in [-0.4, -0.2) is 43.7 Å². The molecule has 0 aliphatic heterocycles. The van der Waals surface area contributed by atoms with Crippen molar-refractivity contribution in [2.24, 2.45) is 0 Å². The second-order valence-corrected chi connectivity index (χ2v) is 4.78. The van der Waals surface area contributed by atoms with Crippen molar-refractivity contribution in [2.45, 2.75) is 45.4 Å². The number of unbranched alkanes of at least 4 members (excludes halogenated alkanes) is 4. The summed E-state index contributed by atoms with van der Waals surface area (Å²) in [6.07, 6.45) is 5.19. The summed E-state index contributed by atoms with van der Waals surface area (Å²) >= 11 is 0. The molecule has 0 aliphatic rings. The third-order valence-electron chi connectivity index (χ3n) is 1.85. The van der Waals surface area contributed by atoms with E-state index in [9.17, 15) is 13.2 Å². The van der Waals surface area contributed by atoms with E-state index in [2.05, 4.69) is 11.7 Å². The fraction of sp³-hybridized carbons (Fsp3) is 0.889. The molecule has 0 bridgehead atoms. The second kappa shape index (κ2) is 10.2. The van der Waals surface area contributed by atoms with Crippen LogP contribution in [0.25, 0.3) is 0 Å². The van der Waals surface area contributed by atoms with Crippen LogP contribution in [0, 0.1) is 0 Å². The van der Waals surface area contributed by atoms with Crippen LogP contribution in [0.4, 0.5) is 0 Å². The zero-order valence-corrected chi connectivity index (χ0v) is 10.8. The molecule has 1 N–H and O–H groups in total. The maximum absolute atomic E-state index is 10.9. The van der Waals surface area contributed by atoms with Crippen LogP contribution in [0.15, 0.2) is 0 Å². The summed E-state index contributed by atoms with van der Waals surface area (Å²) < 4.78 is 33.1. The summed E-state index contributed by atoms with van der Waals surface area (Å²) in [5.41, 5.74) is 0. The quantitative estimate of drug-likeness (QED) is 0.302. The minimum Gasteiger partial charge on any atom is -0.447 e. The van der Waals surface area contributed by atoms with Crippen LogP contribution < -0.4 is 0 Å². The Morgan fingerprint density at radius 1 is 1.19 bits per heavy atom. The molecule has 16 heavy (non-hydrogen) atoms. The maximum Gasteiger partial charge on any atom is 0.306 e. The van der Waals surface area contributed by atoms with Crippen LogP contribution >= 0.6 is 0 Å². The molecule has 0 aromatic rings. The Morgan fingerprint density at radius 2 is 1.75 bits per heavy atom. The van der Waals surface area contributed by atoms with Gasteiger partial charge in [-0.1, -0.05) is 32.6 Å². The molecule has 0 amide bonds. The predicted molar refractivity (Wildman–Crippen MR) is 61.6 cm³/mol. The molecule has 0 saturated carbocycles. The summed E-state index contributed by atoms with van der Waals surface area (Å²) in [5.74, 6) is -1.52. The van der Waals surface area contributed by atoms with Gasteiger partial charge in [-0.3, -0.25) is 9.35 Å². The molecule has 1 radical (unpaired) electrons. The van der Waals surface area contributed by atoms with E-state index in [-0.39, 0.29) is 25.3 Å². The Balaban J connectivity index is 0. The van der Waals surface area contributed by atoms with Crippen LogP contribution in [0.1, 0.15) is 45.4 Å². The fourth-order valence-electron chi connectivity index (χ4n) is 1.09. The van der Waals surface area contributed by atoms with Gasteiger partial charge in [0, 0.05) is 25.3 Å². The van der Waals surface area contributed by atoms with Gasteiger partial charge in [0.25, 0.3) is 0 Å². The predicted octanol–water partition coefficient (Wildman–Crippen LogP) is 1.35. The molecule has 0 fully saturated rings. The van der Waals surface area contributed by atoms with Crippen LogP contribution in [-0.2, 0) is 19.6 Å². The van der Waals surface area contributed by atoms with E-state index in [4.69, 9.17) is 4.55 Å². The van der Waals surface area contributed by atoms with Gasteiger partial charge < -0.3 is 4.74 Å². The monoisotopic (exact) mass is 245 g/mol. The second-order valence-electron chi connectivity index (χ2n) is 3.38. The zero-order valence-electron chi connectivity index (χ0n) is 9.94. The molecule has 0 aliphatic carbocycles. The molecular formula is C9H18LiO5S. The van der Waals surface area contributed by atoms with E-state index in [1.165, 1.54) is 0 Å². The van der Waals surface area contributed by atoms with Crippen LogP contribution in [0.5, 0.6) is 0 Å². The Kier molecular flexibility index (Phi) is 11.6. The maximum atomic E-state index is 10.9. The summed E-state index contributed by atoms with van der Waals surface area (Å²) in [5, 5.41) is 0. The van der Waals surface area contributed by atoms with Crippen molar-refractivity contribution in [3.8, 4) is 0 Å². The minimum absolute atomic E-state index is 0. The van der Waals surface area contributed by atoms with Crippen molar-refractivity contribution >= 4 is 34.9 Å². The van der Waals surface area contributed by atoms with Gasteiger partial charge in [-0.2, -0.15) is 8.42 Å². The Labute approximate surface area is 109 Å². The molecule has 0 aromatic heterocycles. The van der Waals surface area contributed by atoms with Gasteiger partial charge in [0.05, 0.1) is 0 Å². The van der Waals surface area contributed by atoms with Crippen molar-refractivity contribution in [2.75, 3.05) is 5.94 Å². The van der Waals surface area contributed by atoms with Gasteiger partial charge in [0.2, 0.25) is 5.94 Å². The SMILES string of the molecule is CCCCCCCC(=O)OCS(=O)(=O)O.[Li]. The van der Waals surface area contributed by atoms with Crippen molar-refractivity contribution in [1.82, 2.24) is 0 Å². The van der Waals surface area contributed by atoms with Crippen molar-refractivity contribution in [1.29, 1.82) is 0 Å². The van der Waals surface area contributed by atoms with Gasteiger partial charge in [0.15, 0.2) is 0 Å². The molecule has 0 rings (SSSR count). The van der Waals surface area contributed by atoms with Gasteiger partial charge in [0.1, 0.15) is 0 Å². The Bertz CT molecular complexity index is 276. The fourth-order valence-corrected chi connectivity index (χ4v) is 1.37. The van der Waals surface area contributed by atoms with Crippen molar-refractivity contribution < 1.29 is 22.5 Å². The Morgan fingerprint density at radius 3 is 2.25 bits per heavy atom. The molecule has 5 nitrogen and oxygen atoms in total. The van der Waals surface area contributed by atoms with E-state index in [0.717, 1.165) is 25.7 Å². The number of ether oxygens (including phenoxy) is 1. The van der Waals surface area contributed by atoms with Gasteiger partial charge in [-0.05, 0) is 6.42 Å². The van der Waals surface area contributed by atoms with Crippen LogP contribution in [0.2, 0.25) is 0 Å². The largest absolute Gasteiger partial charge is 0.447 e. The zero-order chi connectivity index (χ0) is 11.7. The van der Waals surface area contributed by atoms with E-state index < -0.39 is 22.0 Å². The third kappa shape index (κ3) is 14.0. The van der Waals surface area contributed by atoms with Crippen molar-refractivity contribution in [3.05, 3.63) is 0 Å². The number of esters is 1. The van der Waals surface area contributed by atoms with Gasteiger partial charge in [-0.15, -0.1) is 0 Å². The first-order valence-corrected chi connectivity index (χ1v) is 6.67. The standard InChI is InChI=1S/C9H18O5S.Li/c1-2-3-4-5-6-7-9(10)14-8-15(11,12)13;/h2-8H2,1H3,(H,11,12,13);.